The standard InChI is InChI=1S/C41H51N5O7/c1-6-26-22-41(26,39(50)51)45-36(47)32-20-28(23-46(32)38(49)35(40(2,3)4)44-37(48)34(42)25-15-11-8-12-16-25)53-33-21-30(24-13-9-7-10-14-24)43-31-19-27(52-5)17-18-29(31)33/h6-7,9-10,13-14,17-19,21,25-26,28,32,34-35H,1,8,11-12,15-16,20,22-23,42H2,2-5H3,(H,44,48)(H,45,47)(H,50,51)/t26-,28-,32-,34+,35-,41-/m1/s1. The molecule has 2 saturated carbocycles. The maximum absolute atomic E-state index is 14.7. The number of carbonyl (C=O) groups excluding carboxylic acids is 3. The molecule has 12 nitrogen and oxygen atoms in total. The van der Waals surface area contributed by atoms with E-state index in [0.29, 0.717) is 28.1 Å². The lowest BCUT2D eigenvalue weighted by Gasteiger charge is -2.37. The summed E-state index contributed by atoms with van der Waals surface area (Å²) >= 11 is 0. The molecule has 2 aliphatic carbocycles. The molecule has 2 heterocycles. The van der Waals surface area contributed by atoms with Gasteiger partial charge >= 0.3 is 5.97 Å². The van der Waals surface area contributed by atoms with Crippen molar-refractivity contribution in [1.29, 1.82) is 0 Å². The first-order chi connectivity index (χ1) is 25.2. The number of hydrogen-bond donors (Lipinski definition) is 4. The maximum atomic E-state index is 14.7. The quantitative estimate of drug-likeness (QED) is 0.191. The molecule has 0 bridgehead atoms. The number of rotatable bonds is 12. The number of ether oxygens (including phenoxy) is 2. The number of aliphatic carboxylic acids is 1. The van der Waals surface area contributed by atoms with Crippen LogP contribution in [0.2, 0.25) is 0 Å². The average molecular weight is 726 g/mol. The zero-order chi connectivity index (χ0) is 38.1. The molecular weight excluding hydrogens is 674 g/mol. The van der Waals surface area contributed by atoms with Gasteiger partial charge in [0.1, 0.15) is 35.2 Å². The number of carbonyl (C=O) groups is 4. The van der Waals surface area contributed by atoms with Crippen molar-refractivity contribution in [2.45, 2.75) is 95.5 Å². The van der Waals surface area contributed by atoms with Gasteiger partial charge in [0.05, 0.1) is 30.9 Å². The van der Waals surface area contributed by atoms with Gasteiger partial charge in [0.2, 0.25) is 17.7 Å². The van der Waals surface area contributed by atoms with Gasteiger partial charge in [-0.25, -0.2) is 9.78 Å². The summed E-state index contributed by atoms with van der Waals surface area (Å²) in [5.74, 6) is -1.93. The van der Waals surface area contributed by atoms with Crippen LogP contribution < -0.4 is 25.8 Å². The van der Waals surface area contributed by atoms with E-state index in [1.54, 1.807) is 7.11 Å². The van der Waals surface area contributed by atoms with E-state index in [-0.39, 0.29) is 25.3 Å². The van der Waals surface area contributed by atoms with Crippen molar-refractivity contribution in [1.82, 2.24) is 20.5 Å². The number of aromatic nitrogens is 1. The molecule has 0 radical (unpaired) electrons. The molecule has 3 fully saturated rings. The van der Waals surface area contributed by atoms with E-state index >= 15 is 0 Å². The van der Waals surface area contributed by atoms with Crippen molar-refractivity contribution < 1.29 is 33.8 Å². The Kier molecular flexibility index (Phi) is 10.8. The Hall–Kier alpha value is -4.97. The zero-order valence-electron chi connectivity index (χ0n) is 31.0. The van der Waals surface area contributed by atoms with Crippen molar-refractivity contribution in [3.05, 3.63) is 67.3 Å². The fourth-order valence-corrected chi connectivity index (χ4v) is 7.79. The van der Waals surface area contributed by atoms with E-state index in [9.17, 15) is 24.3 Å². The van der Waals surface area contributed by atoms with Gasteiger partial charge in [0.25, 0.3) is 0 Å². The van der Waals surface area contributed by atoms with Gasteiger partial charge in [-0.15, -0.1) is 6.58 Å². The van der Waals surface area contributed by atoms with Crippen LogP contribution in [0.15, 0.2) is 67.3 Å². The molecule has 5 N–H and O–H groups in total. The number of hydrogen-bond acceptors (Lipinski definition) is 8. The summed E-state index contributed by atoms with van der Waals surface area (Å²) in [5.41, 5.74) is 6.40. The highest BCUT2D eigenvalue weighted by molar-refractivity contribution is 5.97. The lowest BCUT2D eigenvalue weighted by atomic mass is 9.82. The second-order valence-electron chi connectivity index (χ2n) is 15.8. The molecule has 3 aliphatic rings. The largest absolute Gasteiger partial charge is 0.497 e. The van der Waals surface area contributed by atoms with Gasteiger partial charge in [-0.3, -0.25) is 14.4 Å². The van der Waals surface area contributed by atoms with Crippen molar-refractivity contribution in [3.63, 3.8) is 0 Å². The number of likely N-dealkylation sites (tertiary alicyclic amines) is 1. The van der Waals surface area contributed by atoms with Gasteiger partial charge in [0.15, 0.2) is 0 Å². The topological polar surface area (TPSA) is 173 Å². The predicted octanol–water partition coefficient (Wildman–Crippen LogP) is 4.84. The minimum absolute atomic E-state index is 0.0135. The first-order valence-corrected chi connectivity index (χ1v) is 18.5. The number of fused-ring (bicyclic) bond motifs is 1. The summed E-state index contributed by atoms with van der Waals surface area (Å²) in [5, 5.41) is 16.5. The number of nitrogens with zero attached hydrogens (tertiary/aromatic N) is 2. The van der Waals surface area contributed by atoms with Gasteiger partial charge < -0.3 is 35.8 Å². The molecular formula is C41H51N5O7. The third kappa shape index (κ3) is 7.88. The monoisotopic (exact) mass is 725 g/mol. The smallest absolute Gasteiger partial charge is 0.330 e. The van der Waals surface area contributed by atoms with Crippen LogP contribution in [0.5, 0.6) is 11.5 Å². The first kappa shape index (κ1) is 37.8. The number of carboxylic acids is 1. The second-order valence-corrected chi connectivity index (χ2v) is 15.8. The molecule has 3 amide bonds. The molecule has 1 saturated heterocycles. The Labute approximate surface area is 310 Å². The molecule has 3 aromatic rings. The normalized spacial score (nSPS) is 24.2. The van der Waals surface area contributed by atoms with Gasteiger partial charge in [-0.2, -0.15) is 0 Å². The van der Waals surface area contributed by atoms with Crippen LogP contribution in [-0.2, 0) is 19.2 Å². The average Bonchev–Trinajstić information content (AvgIpc) is 3.72. The zero-order valence-corrected chi connectivity index (χ0v) is 31.0. The minimum atomic E-state index is -1.50. The van der Waals surface area contributed by atoms with E-state index < -0.39 is 64.8 Å². The molecule has 282 valence electrons. The molecule has 12 heteroatoms. The Balaban J connectivity index is 1.33. The Morgan fingerprint density at radius 1 is 1.08 bits per heavy atom. The van der Waals surface area contributed by atoms with Crippen LogP contribution in [0, 0.1) is 17.3 Å². The molecule has 0 spiro atoms. The molecule has 0 unspecified atom stereocenters. The minimum Gasteiger partial charge on any atom is -0.497 e. The van der Waals surface area contributed by atoms with E-state index in [2.05, 4.69) is 17.2 Å². The Bertz CT molecular complexity index is 1870. The van der Waals surface area contributed by atoms with E-state index in [1.807, 2.05) is 75.4 Å². The van der Waals surface area contributed by atoms with E-state index in [4.69, 9.17) is 20.2 Å². The number of benzene rings is 2. The van der Waals surface area contributed by atoms with Crippen LogP contribution in [0.1, 0.15) is 65.7 Å². The number of methoxy groups -OCH3 is 1. The number of amides is 3. The lowest BCUT2D eigenvalue weighted by molar-refractivity contribution is -0.147. The lowest BCUT2D eigenvalue weighted by Crippen LogP contribution is -2.61. The van der Waals surface area contributed by atoms with Crippen molar-refractivity contribution >= 4 is 34.6 Å². The van der Waals surface area contributed by atoms with Crippen LogP contribution >= 0.6 is 0 Å². The van der Waals surface area contributed by atoms with Crippen LogP contribution in [-0.4, -0.2) is 82.1 Å². The summed E-state index contributed by atoms with van der Waals surface area (Å²) in [6.45, 7) is 9.30. The molecule has 1 aliphatic heterocycles. The van der Waals surface area contributed by atoms with Crippen LogP contribution in [0.3, 0.4) is 0 Å². The van der Waals surface area contributed by atoms with E-state index in [0.717, 1.165) is 37.7 Å². The Morgan fingerprint density at radius 2 is 1.79 bits per heavy atom. The summed E-state index contributed by atoms with van der Waals surface area (Å²) < 4.78 is 12.2. The number of nitrogens with one attached hydrogen (secondary N) is 2. The number of nitrogens with two attached hydrogens (primary N) is 1. The highest BCUT2D eigenvalue weighted by atomic mass is 16.5. The van der Waals surface area contributed by atoms with Gasteiger partial charge in [-0.1, -0.05) is 76.4 Å². The maximum Gasteiger partial charge on any atom is 0.330 e. The molecule has 6 rings (SSSR count). The molecule has 2 aromatic carbocycles. The third-order valence-electron chi connectivity index (χ3n) is 11.1. The highest BCUT2D eigenvalue weighted by Gasteiger charge is 2.61. The Morgan fingerprint density at radius 3 is 2.42 bits per heavy atom. The van der Waals surface area contributed by atoms with Crippen molar-refractivity contribution in [3.8, 4) is 22.8 Å². The fourth-order valence-electron chi connectivity index (χ4n) is 7.79. The third-order valence-corrected chi connectivity index (χ3v) is 11.1. The van der Waals surface area contributed by atoms with Crippen LogP contribution in [0.4, 0.5) is 0 Å². The molecule has 53 heavy (non-hydrogen) atoms. The van der Waals surface area contributed by atoms with Crippen molar-refractivity contribution in [2.24, 2.45) is 23.0 Å². The first-order valence-electron chi connectivity index (χ1n) is 18.5. The summed E-state index contributed by atoms with van der Waals surface area (Å²) in [6, 6.07) is 14.1. The summed E-state index contributed by atoms with van der Waals surface area (Å²) in [6.07, 6.45) is 5.99. The van der Waals surface area contributed by atoms with Gasteiger partial charge in [-0.05, 0) is 42.7 Å². The second kappa shape index (κ2) is 15.2. The number of carboxylic acid groups (broad SMARTS) is 1. The van der Waals surface area contributed by atoms with Crippen LogP contribution in [0.25, 0.3) is 22.2 Å². The molecule has 6 atom stereocenters. The van der Waals surface area contributed by atoms with E-state index in [1.165, 1.54) is 11.0 Å². The fraction of sp³-hybridized carbons (Fsp3) is 0.488. The molecule has 1 aromatic heterocycles. The highest BCUT2D eigenvalue weighted by Crippen LogP contribution is 2.45. The number of pyridine rings is 1. The van der Waals surface area contributed by atoms with Crippen molar-refractivity contribution in [2.75, 3.05) is 13.7 Å². The SMILES string of the molecule is C=C[C@@H]1C[C@]1(NC(=O)[C@H]1C[C@@H](Oc2cc(-c3ccccc3)nc3cc(OC)ccc23)CN1C(=O)[C@@H](NC(=O)[C@@H](N)C1CCCCC1)C(C)(C)C)C(=O)O. The van der Waals surface area contributed by atoms with Gasteiger partial charge in [0, 0.05) is 35.4 Å². The predicted molar refractivity (Wildman–Crippen MR) is 201 cm³/mol. The summed E-state index contributed by atoms with van der Waals surface area (Å²) in [4.78, 5) is 61.1. The summed E-state index contributed by atoms with van der Waals surface area (Å²) in [7, 11) is 1.58.